The summed E-state index contributed by atoms with van der Waals surface area (Å²) < 4.78 is 0. The van der Waals surface area contributed by atoms with Crippen molar-refractivity contribution in [1.29, 1.82) is 0 Å². The third-order valence-electron chi connectivity index (χ3n) is 4.23. The highest BCUT2D eigenvalue weighted by Gasteiger charge is 2.12. The largest absolute Gasteiger partial charge is 0.399 e. The number of halogens is 2. The van der Waals surface area contributed by atoms with Crippen molar-refractivity contribution in [2.75, 3.05) is 12.3 Å². The number of para-hydroxylation sites is 1. The van der Waals surface area contributed by atoms with E-state index in [-0.39, 0.29) is 5.91 Å². The van der Waals surface area contributed by atoms with E-state index < -0.39 is 4.84 Å². The number of nitrogens with two attached hydrogens (primary N) is 1. The van der Waals surface area contributed by atoms with Crippen LogP contribution in [0.2, 0.25) is 0 Å². The average Bonchev–Trinajstić information content (AvgIpc) is 2.63. The number of nitrogen functional groups attached to an aromatic ring is 1. The van der Waals surface area contributed by atoms with E-state index in [1.807, 2.05) is 30.3 Å². The van der Waals surface area contributed by atoms with Crippen molar-refractivity contribution < 1.29 is 4.79 Å². The number of carbonyl (C=O) groups is 1. The molecule has 0 saturated carbocycles. The first kappa shape index (κ1) is 23.3. The molecule has 2 aliphatic carbocycles. The molecule has 3 N–H and O–H groups in total. The van der Waals surface area contributed by atoms with Crippen LogP contribution in [0.25, 0.3) is 0 Å². The SMILES string of the molecule is CCCCC(C)c1cc2ccc1=2.CCNC(=O)C(Cl)Cl.Nc1ccccc1. The lowest BCUT2D eigenvalue weighted by atomic mass is 9.87. The van der Waals surface area contributed by atoms with E-state index in [2.05, 4.69) is 37.4 Å². The summed E-state index contributed by atoms with van der Waals surface area (Å²) >= 11 is 10.3. The maximum absolute atomic E-state index is 10.4. The first-order valence-electron chi connectivity index (χ1n) is 9.41. The summed E-state index contributed by atoms with van der Waals surface area (Å²) in [6.07, 6.45) is 4.04. The number of unbranched alkanes of at least 4 members (excludes halogenated alkanes) is 1. The van der Waals surface area contributed by atoms with E-state index >= 15 is 0 Å². The predicted molar refractivity (Wildman–Crippen MR) is 117 cm³/mol. The molecule has 1 atom stereocenters. The van der Waals surface area contributed by atoms with Crippen molar-refractivity contribution >= 4 is 34.8 Å². The lowest BCUT2D eigenvalue weighted by Gasteiger charge is -2.17. The van der Waals surface area contributed by atoms with E-state index in [1.165, 1.54) is 24.5 Å². The fourth-order valence-corrected chi connectivity index (χ4v) is 2.75. The van der Waals surface area contributed by atoms with Crippen LogP contribution < -0.4 is 11.1 Å². The summed E-state index contributed by atoms with van der Waals surface area (Å²) in [5.41, 5.74) is 7.78. The predicted octanol–water partition coefficient (Wildman–Crippen LogP) is 5.78. The lowest BCUT2D eigenvalue weighted by Crippen LogP contribution is -2.27. The third-order valence-corrected chi connectivity index (χ3v) is 4.63. The van der Waals surface area contributed by atoms with Crippen LogP contribution in [0, 0.1) is 10.4 Å². The second-order valence-electron chi connectivity index (χ2n) is 6.45. The molecule has 3 rings (SSSR count). The van der Waals surface area contributed by atoms with Gasteiger partial charge in [-0.2, -0.15) is 0 Å². The van der Waals surface area contributed by atoms with Crippen molar-refractivity contribution in [1.82, 2.24) is 5.32 Å². The summed E-state index contributed by atoms with van der Waals surface area (Å²) in [6.45, 7) is 6.97. The van der Waals surface area contributed by atoms with Gasteiger partial charge in [0.2, 0.25) is 0 Å². The fourth-order valence-electron chi connectivity index (χ4n) is 2.60. The van der Waals surface area contributed by atoms with Gasteiger partial charge in [0.15, 0.2) is 4.84 Å². The Kier molecular flexibility index (Phi) is 10.9. The topological polar surface area (TPSA) is 55.1 Å². The molecule has 1 aromatic carbocycles. The summed E-state index contributed by atoms with van der Waals surface area (Å²) in [6, 6.07) is 16.3. The Bertz CT molecular complexity index is 779. The van der Waals surface area contributed by atoms with E-state index in [1.54, 1.807) is 17.7 Å². The molecule has 1 amide bonds. The van der Waals surface area contributed by atoms with Crippen LogP contribution in [0.3, 0.4) is 0 Å². The maximum atomic E-state index is 10.4. The summed E-state index contributed by atoms with van der Waals surface area (Å²) in [5, 5.41) is 5.46. The number of anilines is 1. The highest BCUT2D eigenvalue weighted by molar-refractivity contribution is 6.53. The number of carbonyl (C=O) groups excluding carboxylic acids is 1. The van der Waals surface area contributed by atoms with Crippen LogP contribution in [0.1, 0.15) is 51.5 Å². The van der Waals surface area contributed by atoms with Gasteiger partial charge < -0.3 is 11.1 Å². The maximum Gasteiger partial charge on any atom is 0.253 e. The van der Waals surface area contributed by atoms with Gasteiger partial charge >= 0.3 is 0 Å². The van der Waals surface area contributed by atoms with Gasteiger partial charge in [0, 0.05) is 12.2 Å². The smallest absolute Gasteiger partial charge is 0.253 e. The molecule has 0 bridgehead atoms. The molecule has 1 aromatic rings. The van der Waals surface area contributed by atoms with Crippen LogP contribution in [0.5, 0.6) is 0 Å². The van der Waals surface area contributed by atoms with Crippen molar-refractivity contribution in [2.45, 2.75) is 50.8 Å². The minimum atomic E-state index is -0.935. The van der Waals surface area contributed by atoms with Gasteiger partial charge in [-0.25, -0.2) is 0 Å². The second kappa shape index (κ2) is 12.6. The van der Waals surface area contributed by atoms with Crippen LogP contribution in [0.4, 0.5) is 5.69 Å². The van der Waals surface area contributed by atoms with Gasteiger partial charge in [0.25, 0.3) is 5.91 Å². The van der Waals surface area contributed by atoms with Crippen LogP contribution in [0.15, 0.2) is 48.5 Å². The first-order chi connectivity index (χ1) is 12.9. The Morgan fingerprint density at radius 3 is 2.07 bits per heavy atom. The highest BCUT2D eigenvalue weighted by Crippen LogP contribution is 2.28. The van der Waals surface area contributed by atoms with E-state index in [4.69, 9.17) is 28.9 Å². The van der Waals surface area contributed by atoms with Gasteiger partial charge in [-0.3, -0.25) is 4.79 Å². The van der Waals surface area contributed by atoms with Gasteiger partial charge in [-0.15, -0.1) is 0 Å². The molecule has 2 aliphatic rings. The summed E-state index contributed by atoms with van der Waals surface area (Å²) in [5.74, 6) is 0.449. The van der Waals surface area contributed by atoms with Crippen molar-refractivity contribution in [3.05, 3.63) is 64.5 Å². The molecule has 0 spiro atoms. The van der Waals surface area contributed by atoms with Crippen molar-refractivity contribution in [3.63, 3.8) is 0 Å². The van der Waals surface area contributed by atoms with Gasteiger partial charge in [0.05, 0.1) is 0 Å². The Morgan fingerprint density at radius 2 is 1.78 bits per heavy atom. The molecule has 0 saturated heterocycles. The van der Waals surface area contributed by atoms with Crippen molar-refractivity contribution in [2.24, 2.45) is 0 Å². The zero-order valence-electron chi connectivity index (χ0n) is 16.3. The zero-order valence-corrected chi connectivity index (χ0v) is 17.9. The van der Waals surface area contributed by atoms with Crippen molar-refractivity contribution in [3.8, 4) is 0 Å². The monoisotopic (exact) mass is 408 g/mol. The zero-order chi connectivity index (χ0) is 20.2. The first-order valence-corrected chi connectivity index (χ1v) is 10.3. The number of benzene rings is 2. The number of alkyl halides is 2. The minimum Gasteiger partial charge on any atom is -0.399 e. The highest BCUT2D eigenvalue weighted by atomic mass is 35.5. The number of hydrogen-bond donors (Lipinski definition) is 2. The van der Waals surface area contributed by atoms with E-state index in [9.17, 15) is 4.79 Å². The summed E-state index contributed by atoms with van der Waals surface area (Å²) in [7, 11) is 0. The fraction of sp³-hybridized carbons (Fsp3) is 0.409. The lowest BCUT2D eigenvalue weighted by molar-refractivity contribution is -0.119. The molecule has 0 fully saturated rings. The molecule has 148 valence electrons. The summed E-state index contributed by atoms with van der Waals surface area (Å²) in [4.78, 5) is 9.43. The second-order valence-corrected chi connectivity index (χ2v) is 7.55. The Balaban J connectivity index is 0.000000214. The van der Waals surface area contributed by atoms with Crippen LogP contribution in [-0.2, 0) is 4.79 Å². The molecular formula is C22H30Cl2N2O. The molecule has 3 nitrogen and oxygen atoms in total. The molecule has 0 aromatic heterocycles. The Morgan fingerprint density at radius 1 is 1.11 bits per heavy atom. The number of hydrogen-bond acceptors (Lipinski definition) is 2. The number of amides is 1. The Labute approximate surface area is 172 Å². The van der Waals surface area contributed by atoms with Gasteiger partial charge in [-0.05, 0) is 47.4 Å². The number of nitrogens with one attached hydrogen (secondary N) is 1. The quantitative estimate of drug-likeness (QED) is 0.401. The standard InChI is InChI=1S/C12H16.C6H7N.C4H7Cl2NO/c1-3-4-5-9(2)12-8-10-6-7-11(10)12;7-6-4-2-1-3-5-6;1-2-7-4(8)3(5)6/h6-9H,3-5H2,1-2H3;1-5H,7H2;3H,2H2,1H3,(H,7,8). The van der Waals surface area contributed by atoms with Crippen LogP contribution in [-0.4, -0.2) is 17.3 Å². The molecule has 0 heterocycles. The molecular weight excluding hydrogens is 379 g/mol. The molecule has 0 aliphatic heterocycles. The molecule has 5 heteroatoms. The normalized spacial score (nSPS) is 11.5. The van der Waals surface area contributed by atoms with E-state index in [0.717, 1.165) is 11.6 Å². The molecule has 27 heavy (non-hydrogen) atoms. The average molecular weight is 409 g/mol. The van der Waals surface area contributed by atoms with E-state index in [0.29, 0.717) is 6.54 Å². The van der Waals surface area contributed by atoms with Gasteiger partial charge in [0.1, 0.15) is 0 Å². The number of rotatable bonds is 6. The minimum absolute atomic E-state index is 0.337. The third kappa shape index (κ3) is 8.23. The Hall–Kier alpha value is -1.71. The molecule has 0 radical (unpaired) electrons. The van der Waals surface area contributed by atoms with Crippen LogP contribution >= 0.6 is 23.2 Å². The molecule has 1 unspecified atom stereocenters. The van der Waals surface area contributed by atoms with Gasteiger partial charge in [-0.1, -0.05) is 86.3 Å².